The van der Waals surface area contributed by atoms with Crippen LogP contribution in [0.3, 0.4) is 0 Å². The van der Waals surface area contributed by atoms with Gasteiger partial charge in [-0.3, -0.25) is 0 Å². The highest BCUT2D eigenvalue weighted by atomic mass is 35.5. The number of aliphatic hydroxyl groups excluding tert-OH is 1. The van der Waals surface area contributed by atoms with E-state index in [0.717, 1.165) is 16.8 Å². The second-order valence-electron chi connectivity index (χ2n) is 4.32. The van der Waals surface area contributed by atoms with Crippen molar-refractivity contribution in [2.24, 2.45) is 0 Å². The Morgan fingerprint density at radius 1 is 1.05 bits per heavy atom. The number of aromatic nitrogens is 3. The minimum absolute atomic E-state index is 0.0442. The van der Waals surface area contributed by atoms with Crippen molar-refractivity contribution in [1.82, 2.24) is 15.0 Å². The molecule has 0 spiro atoms. The van der Waals surface area contributed by atoms with Gasteiger partial charge in [-0.05, 0) is 12.1 Å². The molecule has 5 heteroatoms. The first-order valence-corrected chi connectivity index (χ1v) is 6.54. The van der Waals surface area contributed by atoms with Crippen LogP contribution in [0.2, 0.25) is 5.02 Å². The van der Waals surface area contributed by atoms with Gasteiger partial charge < -0.3 is 5.11 Å². The fourth-order valence-electron chi connectivity index (χ4n) is 2.04. The lowest BCUT2D eigenvalue weighted by Crippen LogP contribution is -2.00. The smallest absolute Gasteiger partial charge is 0.115 e. The second kappa shape index (κ2) is 5.45. The molecule has 0 aliphatic rings. The zero-order chi connectivity index (χ0) is 13.9. The molecule has 2 aromatic carbocycles. The highest BCUT2D eigenvalue weighted by Crippen LogP contribution is 2.26. The minimum Gasteiger partial charge on any atom is -0.392 e. The van der Waals surface area contributed by atoms with E-state index in [-0.39, 0.29) is 6.61 Å². The zero-order valence-electron chi connectivity index (χ0n) is 10.6. The topological polar surface area (TPSA) is 50.9 Å². The Labute approximate surface area is 121 Å². The van der Waals surface area contributed by atoms with Crippen molar-refractivity contribution >= 4 is 11.6 Å². The third-order valence-electron chi connectivity index (χ3n) is 3.05. The first-order chi connectivity index (χ1) is 9.79. The molecule has 0 fully saturated rings. The van der Waals surface area contributed by atoms with Crippen LogP contribution in [0, 0.1) is 0 Å². The third kappa shape index (κ3) is 2.31. The number of benzene rings is 2. The fourth-order valence-corrected chi connectivity index (χ4v) is 2.27. The van der Waals surface area contributed by atoms with Gasteiger partial charge in [0.25, 0.3) is 0 Å². The SMILES string of the molecule is OCc1ccccc1-n1cc(-c2ccccc2Cl)nn1. The molecular weight excluding hydrogens is 274 g/mol. The molecule has 0 atom stereocenters. The number of hydrogen-bond donors (Lipinski definition) is 1. The molecule has 0 amide bonds. The van der Waals surface area contributed by atoms with Gasteiger partial charge in [0.15, 0.2) is 0 Å². The van der Waals surface area contributed by atoms with Crippen molar-refractivity contribution in [1.29, 1.82) is 0 Å². The van der Waals surface area contributed by atoms with Crippen LogP contribution in [-0.2, 0) is 6.61 Å². The normalized spacial score (nSPS) is 10.7. The molecule has 4 nitrogen and oxygen atoms in total. The van der Waals surface area contributed by atoms with E-state index in [1.807, 2.05) is 48.5 Å². The van der Waals surface area contributed by atoms with E-state index in [9.17, 15) is 5.11 Å². The predicted octanol–water partition coefficient (Wildman–Crippen LogP) is 3.08. The van der Waals surface area contributed by atoms with E-state index in [1.165, 1.54) is 0 Å². The Kier molecular flexibility index (Phi) is 3.50. The number of aliphatic hydroxyl groups is 1. The molecule has 0 aliphatic heterocycles. The van der Waals surface area contributed by atoms with E-state index >= 15 is 0 Å². The Balaban J connectivity index is 2.05. The number of nitrogens with zero attached hydrogens (tertiary/aromatic N) is 3. The highest BCUT2D eigenvalue weighted by molar-refractivity contribution is 6.33. The van der Waals surface area contributed by atoms with Crippen LogP contribution in [-0.4, -0.2) is 20.1 Å². The first kappa shape index (κ1) is 12.8. The molecule has 1 aromatic heterocycles. The Morgan fingerprint density at radius 2 is 1.80 bits per heavy atom. The van der Waals surface area contributed by atoms with Gasteiger partial charge in [0.05, 0.1) is 23.5 Å². The molecule has 20 heavy (non-hydrogen) atoms. The molecule has 0 saturated heterocycles. The molecule has 0 saturated carbocycles. The summed E-state index contributed by atoms with van der Waals surface area (Å²) in [5.74, 6) is 0. The average Bonchev–Trinajstić information content (AvgIpc) is 2.97. The van der Waals surface area contributed by atoms with Crippen LogP contribution in [0.4, 0.5) is 0 Å². The van der Waals surface area contributed by atoms with E-state index in [2.05, 4.69) is 10.3 Å². The summed E-state index contributed by atoms with van der Waals surface area (Å²) in [5.41, 5.74) is 3.13. The summed E-state index contributed by atoms with van der Waals surface area (Å²) in [6, 6.07) is 15.0. The van der Waals surface area contributed by atoms with Gasteiger partial charge in [-0.25, -0.2) is 4.68 Å². The first-order valence-electron chi connectivity index (χ1n) is 6.16. The van der Waals surface area contributed by atoms with Crippen LogP contribution < -0.4 is 0 Å². The lowest BCUT2D eigenvalue weighted by Gasteiger charge is -2.05. The number of para-hydroxylation sites is 1. The van der Waals surface area contributed by atoms with Gasteiger partial charge in [0.2, 0.25) is 0 Å². The molecule has 3 aromatic rings. The van der Waals surface area contributed by atoms with Crippen LogP contribution in [0.15, 0.2) is 54.7 Å². The Bertz CT molecular complexity index is 739. The van der Waals surface area contributed by atoms with Gasteiger partial charge in [0.1, 0.15) is 5.69 Å². The van der Waals surface area contributed by atoms with Crippen LogP contribution in [0.1, 0.15) is 5.56 Å². The number of halogens is 1. The van der Waals surface area contributed by atoms with E-state index in [1.54, 1.807) is 10.9 Å². The summed E-state index contributed by atoms with van der Waals surface area (Å²) in [6.07, 6.45) is 1.80. The van der Waals surface area contributed by atoms with Gasteiger partial charge >= 0.3 is 0 Å². The highest BCUT2D eigenvalue weighted by Gasteiger charge is 2.10. The molecule has 1 heterocycles. The van der Waals surface area contributed by atoms with Gasteiger partial charge in [-0.2, -0.15) is 0 Å². The van der Waals surface area contributed by atoms with E-state index < -0.39 is 0 Å². The average molecular weight is 286 g/mol. The molecule has 0 aliphatic carbocycles. The Hall–Kier alpha value is -2.17. The quantitative estimate of drug-likeness (QED) is 0.804. The largest absolute Gasteiger partial charge is 0.392 e. The standard InChI is InChI=1S/C15H12ClN3O/c16-13-7-3-2-6-12(13)14-9-19(18-17-14)15-8-4-1-5-11(15)10-20/h1-9,20H,10H2. The summed E-state index contributed by atoms with van der Waals surface area (Å²) in [4.78, 5) is 0. The fraction of sp³-hybridized carbons (Fsp3) is 0.0667. The van der Waals surface area contributed by atoms with Crippen LogP contribution in [0.5, 0.6) is 0 Å². The molecule has 100 valence electrons. The summed E-state index contributed by atoms with van der Waals surface area (Å²) in [5, 5.41) is 18.3. The second-order valence-corrected chi connectivity index (χ2v) is 4.72. The van der Waals surface area contributed by atoms with E-state index in [4.69, 9.17) is 11.6 Å². The number of hydrogen-bond acceptors (Lipinski definition) is 3. The monoisotopic (exact) mass is 285 g/mol. The molecular formula is C15H12ClN3O. The molecule has 0 bridgehead atoms. The lowest BCUT2D eigenvalue weighted by molar-refractivity contribution is 0.281. The van der Waals surface area contributed by atoms with Gasteiger partial charge in [-0.15, -0.1) is 5.10 Å². The maximum Gasteiger partial charge on any atom is 0.115 e. The van der Waals surface area contributed by atoms with E-state index in [0.29, 0.717) is 10.7 Å². The van der Waals surface area contributed by atoms with Crippen molar-refractivity contribution in [2.75, 3.05) is 0 Å². The van der Waals surface area contributed by atoms with Crippen molar-refractivity contribution in [3.05, 3.63) is 65.3 Å². The van der Waals surface area contributed by atoms with Crippen LogP contribution in [0.25, 0.3) is 16.9 Å². The molecule has 0 unspecified atom stereocenters. The van der Waals surface area contributed by atoms with Crippen molar-refractivity contribution < 1.29 is 5.11 Å². The van der Waals surface area contributed by atoms with Crippen LogP contribution >= 0.6 is 11.6 Å². The van der Waals surface area contributed by atoms with Crippen molar-refractivity contribution in [3.8, 4) is 16.9 Å². The Morgan fingerprint density at radius 3 is 2.60 bits per heavy atom. The number of rotatable bonds is 3. The maximum atomic E-state index is 9.37. The summed E-state index contributed by atoms with van der Waals surface area (Å²) < 4.78 is 1.64. The summed E-state index contributed by atoms with van der Waals surface area (Å²) >= 11 is 6.16. The molecule has 0 radical (unpaired) electrons. The van der Waals surface area contributed by atoms with Gasteiger partial charge in [0, 0.05) is 11.1 Å². The summed E-state index contributed by atoms with van der Waals surface area (Å²) in [6.45, 7) is -0.0442. The molecule has 3 rings (SSSR count). The van der Waals surface area contributed by atoms with Gasteiger partial charge in [-0.1, -0.05) is 53.2 Å². The predicted molar refractivity (Wildman–Crippen MR) is 77.7 cm³/mol. The zero-order valence-corrected chi connectivity index (χ0v) is 11.3. The third-order valence-corrected chi connectivity index (χ3v) is 3.38. The summed E-state index contributed by atoms with van der Waals surface area (Å²) in [7, 11) is 0. The van der Waals surface area contributed by atoms with Crippen molar-refractivity contribution in [3.63, 3.8) is 0 Å². The minimum atomic E-state index is -0.0442. The molecule has 1 N–H and O–H groups in total. The van der Waals surface area contributed by atoms with Crippen molar-refractivity contribution in [2.45, 2.75) is 6.61 Å². The lowest BCUT2D eigenvalue weighted by atomic mass is 10.1. The maximum absolute atomic E-state index is 9.37.